The van der Waals surface area contributed by atoms with Gasteiger partial charge in [-0.25, -0.2) is 0 Å². The Hall–Kier alpha value is -5.34. The standard InChI is InChI=1S/C54H60N2/c1-3-5-7-15-41-55(51-33-25-47(26-34-51)43-17-11-9-12-18-43)53-37-29-49(30-38-53)45-21-23-46(24-22-45)50-31-39-54(40-32-50)56(42-16-8-6-4-2)52-35-27-48(28-36-52)44-19-13-10-14-20-44/h3-4,6,8-17,19-20,23,25-29,31,33,35-37,39,41,43,45,51H,1,5,7,18,21-22,24,30,32,34,38,40,42H2,2H3/b6-4-,16-8-,41-15+. The summed E-state index contributed by atoms with van der Waals surface area (Å²) in [6.45, 7) is 6.85. The predicted molar refractivity (Wildman–Crippen MR) is 242 cm³/mol. The van der Waals surface area contributed by atoms with Gasteiger partial charge in [-0.1, -0.05) is 145 Å². The molecule has 0 heterocycles. The molecular formula is C54H60N2. The molecule has 0 saturated heterocycles. The number of hydrogen-bond donors (Lipinski definition) is 0. The van der Waals surface area contributed by atoms with E-state index in [0.717, 1.165) is 64.3 Å². The zero-order chi connectivity index (χ0) is 38.4. The molecular weight excluding hydrogens is 677 g/mol. The highest BCUT2D eigenvalue weighted by molar-refractivity contribution is 5.67. The van der Waals surface area contributed by atoms with Crippen molar-refractivity contribution in [1.29, 1.82) is 0 Å². The molecule has 5 aliphatic rings. The van der Waals surface area contributed by atoms with Crippen LogP contribution in [0.15, 0.2) is 210 Å². The van der Waals surface area contributed by atoms with Crippen LogP contribution in [0.5, 0.6) is 0 Å². The maximum absolute atomic E-state index is 3.93. The zero-order valence-corrected chi connectivity index (χ0v) is 33.5. The van der Waals surface area contributed by atoms with E-state index >= 15 is 0 Å². The first kappa shape index (κ1) is 38.9. The average molecular weight is 737 g/mol. The lowest BCUT2D eigenvalue weighted by Gasteiger charge is -2.35. The maximum atomic E-state index is 3.93. The average Bonchev–Trinajstić information content (AvgIpc) is 3.28. The van der Waals surface area contributed by atoms with Crippen LogP contribution in [-0.2, 0) is 0 Å². The molecule has 2 heteroatoms. The van der Waals surface area contributed by atoms with Crippen molar-refractivity contribution in [2.75, 3.05) is 11.4 Å². The van der Waals surface area contributed by atoms with Crippen LogP contribution in [0.4, 0.5) is 5.69 Å². The molecule has 5 aliphatic carbocycles. The van der Waals surface area contributed by atoms with Crippen molar-refractivity contribution in [3.8, 4) is 11.1 Å². The van der Waals surface area contributed by atoms with Crippen molar-refractivity contribution in [2.45, 2.75) is 83.6 Å². The molecule has 7 rings (SSSR count). The van der Waals surface area contributed by atoms with Gasteiger partial charge in [-0.3, -0.25) is 0 Å². The van der Waals surface area contributed by atoms with Gasteiger partial charge < -0.3 is 9.80 Å². The van der Waals surface area contributed by atoms with E-state index in [0.29, 0.717) is 17.9 Å². The highest BCUT2D eigenvalue weighted by Crippen LogP contribution is 2.40. The summed E-state index contributed by atoms with van der Waals surface area (Å²) in [7, 11) is 0. The Labute approximate surface area is 337 Å². The fourth-order valence-electron chi connectivity index (χ4n) is 8.74. The van der Waals surface area contributed by atoms with Gasteiger partial charge in [-0.15, -0.1) is 6.58 Å². The smallest absolute Gasteiger partial charge is 0.0550 e. The Morgan fingerprint density at radius 3 is 2.23 bits per heavy atom. The molecule has 0 aliphatic heterocycles. The Bertz CT molecular complexity index is 2030. The summed E-state index contributed by atoms with van der Waals surface area (Å²) in [6.07, 6.45) is 56.1. The summed E-state index contributed by atoms with van der Waals surface area (Å²) in [5, 5.41) is 0. The third kappa shape index (κ3) is 10.1. The summed E-state index contributed by atoms with van der Waals surface area (Å²) in [4.78, 5) is 5.03. The molecule has 0 amide bonds. The minimum atomic E-state index is 0.364. The highest BCUT2D eigenvalue weighted by atomic mass is 15.2. The first-order valence-electron chi connectivity index (χ1n) is 21.2. The minimum Gasteiger partial charge on any atom is -0.345 e. The fourth-order valence-corrected chi connectivity index (χ4v) is 8.74. The Morgan fingerprint density at radius 1 is 0.714 bits per heavy atom. The first-order chi connectivity index (χ1) is 27.7. The van der Waals surface area contributed by atoms with Gasteiger partial charge in [0.1, 0.15) is 0 Å². The molecule has 3 unspecified atom stereocenters. The molecule has 56 heavy (non-hydrogen) atoms. The number of unbranched alkanes of at least 4 members (excludes halogenated alkanes) is 1. The van der Waals surface area contributed by atoms with Crippen molar-refractivity contribution >= 4 is 5.69 Å². The molecule has 3 atom stereocenters. The third-order valence-corrected chi connectivity index (χ3v) is 12.0. The SMILES string of the molecule is C=CCC/C=C/N(C1=CC=C(C2CC=C(C3=CC=C(N(C/C=C\C=C/C)c4ccc(-c5ccccc5)cc4)CC3)CC2)CC1)C1C=CC(C2C=CC=CC2)=CC1. The van der Waals surface area contributed by atoms with Crippen LogP contribution < -0.4 is 4.90 Å². The Kier molecular flexibility index (Phi) is 13.9. The van der Waals surface area contributed by atoms with Crippen LogP contribution in [0.2, 0.25) is 0 Å². The van der Waals surface area contributed by atoms with Gasteiger partial charge in [0.2, 0.25) is 0 Å². The fraction of sp³-hybridized carbons (Fsp3) is 0.296. The van der Waals surface area contributed by atoms with Gasteiger partial charge in [-0.05, 0) is 136 Å². The van der Waals surface area contributed by atoms with Gasteiger partial charge in [0.05, 0.1) is 6.04 Å². The second-order valence-electron chi connectivity index (χ2n) is 15.6. The van der Waals surface area contributed by atoms with Gasteiger partial charge >= 0.3 is 0 Å². The second-order valence-corrected chi connectivity index (χ2v) is 15.6. The number of nitrogens with zero attached hydrogens (tertiary/aromatic N) is 2. The van der Waals surface area contributed by atoms with Crippen molar-refractivity contribution in [3.05, 3.63) is 210 Å². The lowest BCUT2D eigenvalue weighted by molar-refractivity contribution is 0.371. The van der Waals surface area contributed by atoms with Gasteiger partial charge in [0, 0.05) is 35.7 Å². The van der Waals surface area contributed by atoms with E-state index in [1.54, 1.807) is 11.1 Å². The molecule has 0 bridgehead atoms. The van der Waals surface area contributed by atoms with E-state index in [9.17, 15) is 0 Å². The number of rotatable bonds is 15. The van der Waals surface area contributed by atoms with E-state index in [-0.39, 0.29) is 0 Å². The Balaban J connectivity index is 1.00. The highest BCUT2D eigenvalue weighted by Gasteiger charge is 2.26. The summed E-state index contributed by atoms with van der Waals surface area (Å²) >= 11 is 0. The van der Waals surface area contributed by atoms with E-state index in [1.165, 1.54) is 52.2 Å². The largest absolute Gasteiger partial charge is 0.345 e. The normalized spacial score (nSPS) is 22.4. The van der Waals surface area contributed by atoms with Gasteiger partial charge in [-0.2, -0.15) is 0 Å². The van der Waals surface area contributed by atoms with E-state index in [2.05, 4.69) is 187 Å². The van der Waals surface area contributed by atoms with Crippen LogP contribution in [0.3, 0.4) is 0 Å². The maximum Gasteiger partial charge on any atom is 0.0550 e. The number of anilines is 1. The van der Waals surface area contributed by atoms with E-state index in [1.807, 2.05) is 6.08 Å². The monoisotopic (exact) mass is 736 g/mol. The summed E-state index contributed by atoms with van der Waals surface area (Å²) in [5.74, 6) is 1.17. The van der Waals surface area contributed by atoms with Crippen LogP contribution in [0, 0.1) is 11.8 Å². The number of hydrogen-bond acceptors (Lipinski definition) is 2. The van der Waals surface area contributed by atoms with Crippen LogP contribution in [-0.4, -0.2) is 17.5 Å². The van der Waals surface area contributed by atoms with Crippen LogP contribution >= 0.6 is 0 Å². The molecule has 0 radical (unpaired) electrons. The summed E-state index contributed by atoms with van der Waals surface area (Å²) in [6, 6.07) is 20.1. The third-order valence-electron chi connectivity index (χ3n) is 12.0. The second kappa shape index (κ2) is 20.0. The quantitative estimate of drug-likeness (QED) is 0.102. The van der Waals surface area contributed by atoms with Crippen molar-refractivity contribution in [2.24, 2.45) is 11.8 Å². The summed E-state index contributed by atoms with van der Waals surface area (Å²) in [5.41, 5.74) is 12.8. The molecule has 0 aromatic heterocycles. The van der Waals surface area contributed by atoms with Crippen molar-refractivity contribution in [1.82, 2.24) is 4.90 Å². The molecule has 2 nitrogen and oxygen atoms in total. The van der Waals surface area contributed by atoms with Crippen LogP contribution in [0.1, 0.15) is 77.6 Å². The molecule has 0 spiro atoms. The molecule has 0 fully saturated rings. The molecule has 0 saturated carbocycles. The topological polar surface area (TPSA) is 6.48 Å². The number of benzene rings is 2. The lowest BCUT2D eigenvalue weighted by Crippen LogP contribution is -2.30. The zero-order valence-electron chi connectivity index (χ0n) is 33.5. The molecule has 286 valence electrons. The van der Waals surface area contributed by atoms with E-state index in [4.69, 9.17) is 0 Å². The molecule has 2 aromatic rings. The Morgan fingerprint density at radius 2 is 1.55 bits per heavy atom. The molecule has 0 N–H and O–H groups in total. The lowest BCUT2D eigenvalue weighted by atomic mass is 9.78. The van der Waals surface area contributed by atoms with E-state index < -0.39 is 0 Å². The van der Waals surface area contributed by atoms with Crippen molar-refractivity contribution in [3.63, 3.8) is 0 Å². The van der Waals surface area contributed by atoms with Gasteiger partial charge in [0.25, 0.3) is 0 Å². The molecule has 2 aromatic carbocycles. The number of allylic oxidation sites excluding steroid dienone is 21. The predicted octanol–water partition coefficient (Wildman–Crippen LogP) is 14.4. The summed E-state index contributed by atoms with van der Waals surface area (Å²) < 4.78 is 0. The van der Waals surface area contributed by atoms with Crippen LogP contribution in [0.25, 0.3) is 11.1 Å². The first-order valence-corrected chi connectivity index (χ1v) is 21.2. The van der Waals surface area contributed by atoms with Crippen molar-refractivity contribution < 1.29 is 0 Å². The minimum absolute atomic E-state index is 0.364. The van der Waals surface area contributed by atoms with Gasteiger partial charge in [0.15, 0.2) is 0 Å².